The van der Waals surface area contributed by atoms with Crippen molar-refractivity contribution in [3.05, 3.63) is 52.4 Å². The van der Waals surface area contributed by atoms with Crippen LogP contribution < -0.4 is 4.72 Å². The van der Waals surface area contributed by atoms with E-state index in [1.807, 2.05) is 6.07 Å². The molecule has 8 heteroatoms. The van der Waals surface area contributed by atoms with Gasteiger partial charge in [-0.15, -0.1) is 12.6 Å². The van der Waals surface area contributed by atoms with Gasteiger partial charge in [-0.25, -0.2) is 0 Å². The summed E-state index contributed by atoms with van der Waals surface area (Å²) in [6, 6.07) is 6.55. The van der Waals surface area contributed by atoms with Crippen LogP contribution in [0.1, 0.15) is 21.7 Å². The molecule has 1 heterocycles. The van der Waals surface area contributed by atoms with Gasteiger partial charge in [-0.05, 0) is 36.2 Å². The molecule has 1 aromatic carbocycles. The first-order valence-corrected chi connectivity index (χ1v) is 7.81. The van der Waals surface area contributed by atoms with Crippen molar-refractivity contribution in [2.24, 2.45) is 0 Å². The van der Waals surface area contributed by atoms with E-state index < -0.39 is 16.4 Å². The minimum atomic E-state index is -2.52. The zero-order valence-corrected chi connectivity index (χ0v) is 13.1. The van der Waals surface area contributed by atoms with Crippen LogP contribution in [0.3, 0.4) is 0 Å². The Morgan fingerprint density at radius 2 is 2.19 bits per heavy atom. The van der Waals surface area contributed by atoms with E-state index >= 15 is 0 Å². The molecular formula is C13H11ClNO4S2-. The molecule has 2 rings (SSSR count). The molecule has 0 aliphatic carbocycles. The third-order valence-electron chi connectivity index (χ3n) is 2.84. The Balaban J connectivity index is 2.29. The molecule has 1 unspecified atom stereocenters. The van der Waals surface area contributed by atoms with Crippen LogP contribution in [0.2, 0.25) is 5.02 Å². The monoisotopic (exact) mass is 344 g/mol. The number of hydrogen-bond acceptors (Lipinski definition) is 4. The van der Waals surface area contributed by atoms with Gasteiger partial charge >= 0.3 is 0 Å². The molecule has 5 nitrogen and oxygen atoms in total. The lowest BCUT2D eigenvalue weighted by atomic mass is 10.0. The van der Waals surface area contributed by atoms with Crippen molar-refractivity contribution in [2.45, 2.75) is 12.8 Å². The van der Waals surface area contributed by atoms with Crippen LogP contribution in [0.4, 0.5) is 5.69 Å². The summed E-state index contributed by atoms with van der Waals surface area (Å²) in [4.78, 5) is 11.6. The van der Waals surface area contributed by atoms with E-state index in [1.54, 1.807) is 18.4 Å². The summed E-state index contributed by atoms with van der Waals surface area (Å²) in [5.74, 6) is 0.784. The quantitative estimate of drug-likeness (QED) is 0.623. The molecule has 1 N–H and O–H groups in total. The number of carbonyl (C=O) groups is 1. The van der Waals surface area contributed by atoms with Crippen molar-refractivity contribution >= 4 is 46.3 Å². The minimum absolute atomic E-state index is 0.143. The first-order chi connectivity index (χ1) is 9.97. The van der Waals surface area contributed by atoms with Gasteiger partial charge in [-0.3, -0.25) is 9.00 Å². The average molecular weight is 345 g/mol. The van der Waals surface area contributed by atoms with Gasteiger partial charge in [0.2, 0.25) is 5.12 Å². The summed E-state index contributed by atoms with van der Waals surface area (Å²) in [7, 11) is 0. The lowest BCUT2D eigenvalue weighted by Gasteiger charge is -2.14. The number of thiol groups is 1. The van der Waals surface area contributed by atoms with Crippen LogP contribution in [0.15, 0.2) is 34.9 Å². The predicted molar refractivity (Wildman–Crippen MR) is 83.4 cm³/mol. The second kappa shape index (κ2) is 7.13. The van der Waals surface area contributed by atoms with Crippen LogP contribution in [0.5, 0.6) is 0 Å². The van der Waals surface area contributed by atoms with Gasteiger partial charge in [-0.2, -0.15) is 0 Å². The third-order valence-corrected chi connectivity index (χ3v) is 3.78. The van der Waals surface area contributed by atoms with E-state index in [1.165, 1.54) is 6.07 Å². The van der Waals surface area contributed by atoms with Gasteiger partial charge in [0, 0.05) is 23.3 Å². The molecule has 0 aliphatic heterocycles. The number of benzene rings is 1. The number of carbonyl (C=O) groups excluding carboxylic acids is 1. The molecule has 0 saturated heterocycles. The molecule has 0 amide bonds. The van der Waals surface area contributed by atoms with Gasteiger partial charge in [0.1, 0.15) is 5.76 Å². The summed E-state index contributed by atoms with van der Waals surface area (Å²) in [5.41, 5.74) is 1.13. The number of nitrogens with one attached hydrogen (secondary N) is 1. The van der Waals surface area contributed by atoms with E-state index in [4.69, 9.17) is 16.0 Å². The van der Waals surface area contributed by atoms with Crippen LogP contribution in [-0.4, -0.2) is 13.9 Å². The normalized spacial score (nSPS) is 12.1. The number of furan rings is 1. The maximum absolute atomic E-state index is 11.6. The zero-order chi connectivity index (χ0) is 15.4. The molecule has 0 saturated carbocycles. The predicted octanol–water partition coefficient (Wildman–Crippen LogP) is 2.99. The van der Waals surface area contributed by atoms with E-state index in [0.717, 1.165) is 5.76 Å². The Morgan fingerprint density at radius 1 is 1.43 bits per heavy atom. The highest BCUT2D eigenvalue weighted by atomic mass is 35.5. The van der Waals surface area contributed by atoms with Crippen molar-refractivity contribution in [3.63, 3.8) is 0 Å². The van der Waals surface area contributed by atoms with E-state index in [0.29, 0.717) is 24.0 Å². The van der Waals surface area contributed by atoms with Crippen molar-refractivity contribution in [1.29, 1.82) is 0 Å². The van der Waals surface area contributed by atoms with Crippen molar-refractivity contribution in [1.82, 2.24) is 0 Å². The summed E-state index contributed by atoms with van der Waals surface area (Å²) in [6.07, 6.45) is 2.69. The SMILES string of the molecule is O=C(S)c1cc(NS(=O)[O-])c(Cl)cc1CCc1ccco1. The van der Waals surface area contributed by atoms with Crippen molar-refractivity contribution in [2.75, 3.05) is 4.72 Å². The maximum atomic E-state index is 11.6. The van der Waals surface area contributed by atoms with Gasteiger partial charge in [0.15, 0.2) is 0 Å². The third kappa shape index (κ3) is 4.34. The van der Waals surface area contributed by atoms with Crippen molar-refractivity contribution < 1.29 is 18.0 Å². The zero-order valence-electron chi connectivity index (χ0n) is 10.7. The average Bonchev–Trinajstić information content (AvgIpc) is 2.91. The van der Waals surface area contributed by atoms with E-state index in [-0.39, 0.29) is 10.7 Å². The molecule has 1 aromatic heterocycles. The molecule has 0 spiro atoms. The molecule has 1 atom stereocenters. The number of hydrogen-bond donors (Lipinski definition) is 2. The lowest BCUT2D eigenvalue weighted by molar-refractivity contribution is 0.109. The Hall–Kier alpha value is -1.28. The standard InChI is InChI=1S/C13H12ClNO4S2/c14-11-6-8(3-4-9-2-1-5-19-9)10(13(16)20)7-12(11)15-21(17)18/h1-2,5-7,15H,3-4H2,(H,16,20)(H,17,18)/p-1. The summed E-state index contributed by atoms with van der Waals surface area (Å²) >= 11 is 7.31. The van der Waals surface area contributed by atoms with Crippen LogP contribution in [0, 0.1) is 0 Å². The van der Waals surface area contributed by atoms with E-state index in [2.05, 4.69) is 17.4 Å². The second-order valence-corrected chi connectivity index (χ2v) is 5.70. The smallest absolute Gasteiger partial charge is 0.216 e. The summed E-state index contributed by atoms with van der Waals surface area (Å²) in [6.45, 7) is 0. The second-order valence-electron chi connectivity index (χ2n) is 4.21. The lowest BCUT2D eigenvalue weighted by Crippen LogP contribution is -2.06. The highest BCUT2D eigenvalue weighted by molar-refractivity contribution is 7.97. The first-order valence-electron chi connectivity index (χ1n) is 5.91. The molecule has 112 valence electrons. The van der Waals surface area contributed by atoms with Crippen LogP contribution in [-0.2, 0) is 24.1 Å². The molecule has 2 aromatic rings. The molecule has 21 heavy (non-hydrogen) atoms. The fourth-order valence-electron chi connectivity index (χ4n) is 1.90. The Labute approximate surface area is 134 Å². The van der Waals surface area contributed by atoms with Gasteiger partial charge < -0.3 is 13.7 Å². The number of rotatable bonds is 6. The first kappa shape index (κ1) is 16.1. The molecule has 0 radical (unpaired) electrons. The van der Waals surface area contributed by atoms with E-state index in [9.17, 15) is 13.6 Å². The van der Waals surface area contributed by atoms with Crippen molar-refractivity contribution in [3.8, 4) is 0 Å². The summed E-state index contributed by atoms with van der Waals surface area (Å²) in [5, 5.41) is -0.243. The minimum Gasteiger partial charge on any atom is -0.755 e. The molecular weight excluding hydrogens is 334 g/mol. The maximum Gasteiger partial charge on any atom is 0.216 e. The van der Waals surface area contributed by atoms with Gasteiger partial charge in [0.25, 0.3) is 0 Å². The number of aryl methyl sites for hydroxylation is 2. The fourth-order valence-corrected chi connectivity index (χ4v) is 2.75. The molecule has 0 bridgehead atoms. The number of halogens is 1. The van der Waals surface area contributed by atoms with Crippen LogP contribution in [0.25, 0.3) is 0 Å². The largest absolute Gasteiger partial charge is 0.755 e. The Morgan fingerprint density at radius 3 is 2.76 bits per heavy atom. The van der Waals surface area contributed by atoms with Crippen LogP contribution >= 0.6 is 24.2 Å². The van der Waals surface area contributed by atoms with Gasteiger partial charge in [-0.1, -0.05) is 11.6 Å². The highest BCUT2D eigenvalue weighted by Gasteiger charge is 2.13. The Bertz CT molecular complexity index is 673. The fraction of sp³-hybridized carbons (Fsp3) is 0.154. The van der Waals surface area contributed by atoms with Gasteiger partial charge in [0.05, 0.1) is 17.0 Å². The Kier molecular flexibility index (Phi) is 5.46. The summed E-state index contributed by atoms with van der Waals surface area (Å²) < 4.78 is 28.7. The topological polar surface area (TPSA) is 82.4 Å². The number of anilines is 1. The highest BCUT2D eigenvalue weighted by Crippen LogP contribution is 2.28. The molecule has 0 aliphatic rings. The molecule has 0 fully saturated rings.